The number of rotatable bonds is 5. The van der Waals surface area contributed by atoms with Gasteiger partial charge in [-0.1, -0.05) is 35.0 Å². The first-order valence-electron chi connectivity index (χ1n) is 14.3. The number of carbonyl (C=O) groups excluding carboxylic acids is 1. The maximum Gasteiger partial charge on any atom is 0.425 e. The SMILES string of the molecule is O=C1Oc2c(cc3c4c2CCCN4CCC3)P(=Nc2ccc(SC(F)F)cc2)(N2CCOCC2)N1c1ccc(Cl)c(Cl)c1. The van der Waals surface area contributed by atoms with E-state index in [0.29, 0.717) is 70.1 Å². The van der Waals surface area contributed by atoms with E-state index in [2.05, 4.69) is 15.6 Å². The summed E-state index contributed by atoms with van der Waals surface area (Å²) >= 11 is 13.3. The Labute approximate surface area is 263 Å². The quantitative estimate of drug-likeness (QED) is 0.202. The Bertz CT molecular complexity index is 1640. The van der Waals surface area contributed by atoms with Crippen LogP contribution < -0.4 is 19.6 Å². The number of nitrogens with zero attached hydrogens (tertiary/aromatic N) is 4. The summed E-state index contributed by atoms with van der Waals surface area (Å²) in [7, 11) is -3.16. The molecule has 4 heterocycles. The van der Waals surface area contributed by atoms with Crippen LogP contribution in [0.25, 0.3) is 0 Å². The van der Waals surface area contributed by atoms with Crippen molar-refractivity contribution in [1.29, 1.82) is 0 Å². The van der Waals surface area contributed by atoms with Crippen LogP contribution in [-0.2, 0) is 17.6 Å². The van der Waals surface area contributed by atoms with Crippen LogP contribution in [0, 0.1) is 0 Å². The topological polar surface area (TPSA) is 57.6 Å². The van der Waals surface area contributed by atoms with Gasteiger partial charge in [0, 0.05) is 42.3 Å². The van der Waals surface area contributed by atoms with E-state index >= 15 is 0 Å². The molecule has 1 fully saturated rings. The smallest absolute Gasteiger partial charge is 0.408 e. The average Bonchev–Trinajstić information content (AvgIpc) is 3.01. The number of alkyl halides is 2. The largest absolute Gasteiger partial charge is 0.425 e. The maximum absolute atomic E-state index is 14.4. The van der Waals surface area contributed by atoms with Crippen molar-refractivity contribution in [3.63, 3.8) is 0 Å². The second-order valence-electron chi connectivity index (χ2n) is 10.8. The first-order chi connectivity index (χ1) is 20.8. The van der Waals surface area contributed by atoms with E-state index in [-0.39, 0.29) is 0 Å². The molecule has 0 aliphatic carbocycles. The molecule has 4 aliphatic heterocycles. The van der Waals surface area contributed by atoms with Gasteiger partial charge < -0.3 is 14.4 Å². The Kier molecular flexibility index (Phi) is 8.12. The predicted molar refractivity (Wildman–Crippen MR) is 170 cm³/mol. The zero-order chi connectivity index (χ0) is 29.7. The van der Waals surface area contributed by atoms with Crippen LogP contribution >= 0.6 is 42.3 Å². The summed E-state index contributed by atoms with van der Waals surface area (Å²) in [5.74, 6) is -1.93. The van der Waals surface area contributed by atoms with Gasteiger partial charge >= 0.3 is 6.09 Å². The number of carbonyl (C=O) groups is 1. The third-order valence-corrected chi connectivity index (χ3v) is 13.4. The molecule has 0 bridgehead atoms. The van der Waals surface area contributed by atoms with Crippen LogP contribution in [0.3, 0.4) is 0 Å². The van der Waals surface area contributed by atoms with Crippen molar-refractivity contribution in [3.05, 3.63) is 69.7 Å². The highest BCUT2D eigenvalue weighted by molar-refractivity contribution is 7.99. The number of hydrogen-bond donors (Lipinski definition) is 0. The number of amides is 1. The summed E-state index contributed by atoms with van der Waals surface area (Å²) in [4.78, 5) is 17.2. The molecule has 226 valence electrons. The Hall–Kier alpha value is -2.33. The lowest BCUT2D eigenvalue weighted by Gasteiger charge is -2.49. The summed E-state index contributed by atoms with van der Waals surface area (Å²) in [5.41, 5.74) is 4.60. The minimum Gasteiger partial charge on any atom is -0.408 e. The number of hydrogen-bond acceptors (Lipinski definition) is 6. The number of fused-ring (bicyclic) bond motifs is 2. The second kappa shape index (κ2) is 11.9. The summed E-state index contributed by atoms with van der Waals surface area (Å²) in [5, 5.41) is 1.56. The average molecular weight is 666 g/mol. The van der Waals surface area contributed by atoms with Crippen molar-refractivity contribution >= 4 is 70.8 Å². The van der Waals surface area contributed by atoms with Gasteiger partial charge in [-0.05, 0) is 79.8 Å². The van der Waals surface area contributed by atoms with Gasteiger partial charge in [-0.2, -0.15) is 8.78 Å². The van der Waals surface area contributed by atoms with Gasteiger partial charge in [0.1, 0.15) is 5.75 Å². The Balaban J connectivity index is 1.54. The van der Waals surface area contributed by atoms with Crippen molar-refractivity contribution in [2.45, 2.75) is 36.3 Å². The molecule has 0 radical (unpaired) electrons. The lowest BCUT2D eigenvalue weighted by atomic mass is 9.91. The molecule has 1 amide bonds. The summed E-state index contributed by atoms with van der Waals surface area (Å²) in [6, 6.07) is 14.1. The minimum atomic E-state index is -3.16. The number of halogens is 4. The van der Waals surface area contributed by atoms with Crippen molar-refractivity contribution in [2.24, 2.45) is 4.74 Å². The molecule has 0 N–H and O–H groups in total. The fourth-order valence-corrected chi connectivity index (χ4v) is 11.1. The number of anilines is 2. The van der Waals surface area contributed by atoms with E-state index in [0.717, 1.165) is 49.6 Å². The van der Waals surface area contributed by atoms with Crippen LogP contribution in [0.15, 0.2) is 58.2 Å². The predicted octanol–water partition coefficient (Wildman–Crippen LogP) is 8.35. The third kappa shape index (κ3) is 5.24. The molecule has 1 saturated heterocycles. The molecule has 3 aromatic carbocycles. The number of morpholine rings is 1. The molecular formula is C30H29Cl2F2N4O3PS. The van der Waals surface area contributed by atoms with Crippen LogP contribution in [-0.4, -0.2) is 55.9 Å². The highest BCUT2D eigenvalue weighted by Gasteiger charge is 2.49. The van der Waals surface area contributed by atoms with E-state index in [4.69, 9.17) is 37.4 Å². The first kappa shape index (κ1) is 29.4. The molecule has 43 heavy (non-hydrogen) atoms. The molecule has 3 aromatic rings. The normalized spacial score (nSPS) is 21.8. The van der Waals surface area contributed by atoms with Gasteiger partial charge in [0.2, 0.25) is 0 Å². The molecule has 1 unspecified atom stereocenters. The van der Waals surface area contributed by atoms with Crippen LogP contribution in [0.1, 0.15) is 24.0 Å². The Morgan fingerprint density at radius 2 is 1.67 bits per heavy atom. The van der Waals surface area contributed by atoms with Gasteiger partial charge in [-0.15, -0.1) is 0 Å². The standard InChI is InChI=1S/C30H29Cl2F2N4O3PS/c31-24-10-7-21(18-25(24)32)38-30(39)41-28-23-4-2-12-36-11-1-3-19(27(23)36)17-26(28)42(38,37-13-15-40-16-14-37)35-20-5-8-22(9-6-20)43-29(33)34/h5-10,17-18,29H,1-4,11-16H2. The molecule has 4 aliphatic rings. The molecule has 0 aromatic heterocycles. The van der Waals surface area contributed by atoms with Gasteiger partial charge in [0.25, 0.3) is 5.76 Å². The zero-order valence-corrected chi connectivity index (χ0v) is 26.4. The molecule has 0 saturated carbocycles. The van der Waals surface area contributed by atoms with Gasteiger partial charge in [-0.25, -0.2) is 18.9 Å². The summed E-state index contributed by atoms with van der Waals surface area (Å²) in [6.45, 7) is 4.01. The molecule has 7 nitrogen and oxygen atoms in total. The number of thioether (sulfide) groups is 1. The minimum absolute atomic E-state index is 0.308. The molecular weight excluding hydrogens is 636 g/mol. The number of aryl methyl sites for hydroxylation is 1. The van der Waals surface area contributed by atoms with Gasteiger partial charge in [0.05, 0.1) is 39.9 Å². The van der Waals surface area contributed by atoms with E-state index in [1.807, 2.05) is 0 Å². The highest BCUT2D eigenvalue weighted by atomic mass is 35.5. The maximum atomic E-state index is 14.4. The Morgan fingerprint density at radius 1 is 0.930 bits per heavy atom. The summed E-state index contributed by atoms with van der Waals surface area (Å²) < 4.78 is 47.6. The van der Waals surface area contributed by atoms with Crippen LogP contribution in [0.4, 0.5) is 30.6 Å². The zero-order valence-electron chi connectivity index (χ0n) is 23.1. The van der Waals surface area contributed by atoms with Crippen LogP contribution in [0.5, 0.6) is 5.75 Å². The van der Waals surface area contributed by atoms with Gasteiger partial charge in [0.15, 0.2) is 7.36 Å². The lowest BCUT2D eigenvalue weighted by molar-refractivity contribution is 0.0742. The number of ether oxygens (including phenoxy) is 2. The Morgan fingerprint density at radius 3 is 2.40 bits per heavy atom. The molecule has 0 spiro atoms. The second-order valence-corrected chi connectivity index (χ2v) is 15.5. The van der Waals surface area contributed by atoms with E-state index < -0.39 is 19.2 Å². The lowest BCUT2D eigenvalue weighted by Crippen LogP contribution is -2.50. The van der Waals surface area contributed by atoms with Crippen molar-refractivity contribution < 1.29 is 23.0 Å². The highest BCUT2D eigenvalue weighted by Crippen LogP contribution is 2.64. The number of benzene rings is 3. The molecule has 7 rings (SSSR count). The van der Waals surface area contributed by atoms with Gasteiger partial charge in [-0.3, -0.25) is 0 Å². The van der Waals surface area contributed by atoms with Crippen molar-refractivity contribution in [1.82, 2.24) is 4.67 Å². The van der Waals surface area contributed by atoms with E-state index in [1.165, 1.54) is 11.3 Å². The van der Waals surface area contributed by atoms with Crippen LogP contribution in [0.2, 0.25) is 10.0 Å². The fourth-order valence-electron chi connectivity index (χ4n) is 6.51. The summed E-state index contributed by atoms with van der Waals surface area (Å²) in [6.07, 6.45) is 3.22. The van der Waals surface area contributed by atoms with E-state index in [1.54, 1.807) is 47.1 Å². The molecule has 1 atom stereocenters. The molecule has 13 heteroatoms. The first-order valence-corrected chi connectivity index (χ1v) is 17.6. The fraction of sp³-hybridized carbons (Fsp3) is 0.367. The van der Waals surface area contributed by atoms with Crippen molar-refractivity contribution in [2.75, 3.05) is 49.0 Å². The van der Waals surface area contributed by atoms with E-state index in [9.17, 15) is 13.6 Å². The van der Waals surface area contributed by atoms with Crippen molar-refractivity contribution in [3.8, 4) is 5.75 Å². The monoisotopic (exact) mass is 664 g/mol. The third-order valence-electron chi connectivity index (χ3n) is 8.26.